The molecule has 0 fully saturated rings. The van der Waals surface area contributed by atoms with Gasteiger partial charge in [-0.1, -0.05) is 25.1 Å². The van der Waals surface area contributed by atoms with Crippen LogP contribution >= 0.6 is 8.25 Å². The number of nitrogens with one attached hydrogen (secondary N) is 1. The Bertz CT molecular complexity index is 1010. The van der Waals surface area contributed by atoms with Crippen LogP contribution in [-0.4, -0.2) is 32.2 Å². The summed E-state index contributed by atoms with van der Waals surface area (Å²) in [6.45, 7) is 3.80. The highest BCUT2D eigenvalue weighted by atomic mass is 31.1. The number of H-pyrrole nitrogens is 1. The Morgan fingerprint density at radius 2 is 2.07 bits per heavy atom. The fourth-order valence-corrected chi connectivity index (χ4v) is 3.29. The molecule has 1 aromatic carbocycles. The first-order valence-corrected chi connectivity index (χ1v) is 9.97. The lowest BCUT2D eigenvalue weighted by Crippen LogP contribution is -2.23. The summed E-state index contributed by atoms with van der Waals surface area (Å²) in [7, 11) is -2.70. The zero-order valence-electron chi connectivity index (χ0n) is 15.5. The van der Waals surface area contributed by atoms with E-state index < -0.39 is 20.0 Å². The summed E-state index contributed by atoms with van der Waals surface area (Å²) >= 11 is 0. The highest BCUT2D eigenvalue weighted by molar-refractivity contribution is 7.33. The van der Waals surface area contributed by atoms with E-state index in [0.717, 1.165) is 0 Å². The number of ether oxygens (including phenoxy) is 1. The lowest BCUT2D eigenvalue weighted by atomic mass is 10.3. The maximum Gasteiger partial charge on any atom is 0.367 e. The van der Waals surface area contributed by atoms with E-state index in [1.807, 2.05) is 13.0 Å². The normalized spacial score (nSPS) is 14.6. The average molecular weight is 407 g/mol. The number of nitrogen functional groups attached to an aromatic ring is 1. The van der Waals surface area contributed by atoms with Crippen LogP contribution in [0, 0.1) is 0 Å². The predicted molar refractivity (Wildman–Crippen MR) is 104 cm³/mol. The quantitative estimate of drug-likeness (QED) is 0.517. The van der Waals surface area contributed by atoms with Crippen LogP contribution in [0.2, 0.25) is 0 Å². The predicted octanol–water partition coefficient (Wildman–Crippen LogP) is 2.50. The second-order valence-corrected chi connectivity index (χ2v) is 7.01. The molecule has 3 aromatic rings. The Morgan fingerprint density at radius 3 is 2.79 bits per heavy atom. The van der Waals surface area contributed by atoms with Crippen molar-refractivity contribution in [1.82, 2.24) is 19.5 Å². The van der Waals surface area contributed by atoms with Gasteiger partial charge in [0.15, 0.2) is 11.2 Å². The summed E-state index contributed by atoms with van der Waals surface area (Å²) in [4.78, 5) is 22.5. The Balaban J connectivity index is 1.61. The van der Waals surface area contributed by atoms with Crippen molar-refractivity contribution < 1.29 is 18.3 Å². The highest BCUT2D eigenvalue weighted by Crippen LogP contribution is 2.28. The van der Waals surface area contributed by atoms with Crippen molar-refractivity contribution in [3.63, 3.8) is 0 Å². The first-order valence-electron chi connectivity index (χ1n) is 8.75. The summed E-state index contributed by atoms with van der Waals surface area (Å²) < 4.78 is 30.2. The molecule has 3 rings (SSSR count). The van der Waals surface area contributed by atoms with Gasteiger partial charge in [-0.3, -0.25) is 18.9 Å². The van der Waals surface area contributed by atoms with Crippen molar-refractivity contribution in [3.05, 3.63) is 47.0 Å². The number of fused-ring (bicyclic) bond motifs is 1. The number of hydrogen-bond donors (Lipinski definition) is 2. The molecular weight excluding hydrogens is 385 g/mol. The van der Waals surface area contributed by atoms with Crippen LogP contribution in [0.15, 0.2) is 41.5 Å². The van der Waals surface area contributed by atoms with E-state index in [2.05, 4.69) is 15.0 Å². The monoisotopic (exact) mass is 407 g/mol. The summed E-state index contributed by atoms with van der Waals surface area (Å²) in [5.74, 6) is 0.478. The smallest absolute Gasteiger partial charge is 0.367 e. The minimum absolute atomic E-state index is 0.00141. The molecule has 0 amide bonds. The molecular formula is C17H22N5O5P. The SMILES string of the molecule is CCC(CO[PH](=O)Oc1ccccc1)OC(C)n1cnc2c(=O)[nH]c(N)nc21. The molecule has 0 aliphatic rings. The van der Waals surface area contributed by atoms with E-state index in [4.69, 9.17) is 19.5 Å². The number of aromatic nitrogens is 4. The van der Waals surface area contributed by atoms with Crippen molar-refractivity contribution in [2.75, 3.05) is 12.3 Å². The van der Waals surface area contributed by atoms with Crippen molar-refractivity contribution in [1.29, 1.82) is 0 Å². The number of anilines is 1. The molecule has 0 aliphatic heterocycles. The van der Waals surface area contributed by atoms with Gasteiger partial charge in [-0.05, 0) is 25.5 Å². The molecule has 3 atom stereocenters. The van der Waals surface area contributed by atoms with E-state index in [-0.39, 0.29) is 24.2 Å². The van der Waals surface area contributed by atoms with E-state index in [1.165, 1.54) is 6.33 Å². The van der Waals surface area contributed by atoms with Gasteiger partial charge in [0.2, 0.25) is 5.95 Å². The molecule has 28 heavy (non-hydrogen) atoms. The van der Waals surface area contributed by atoms with E-state index in [1.54, 1.807) is 35.8 Å². The van der Waals surface area contributed by atoms with Crippen molar-refractivity contribution in [3.8, 4) is 5.75 Å². The molecule has 11 heteroatoms. The number of nitrogens with zero attached hydrogens (tertiary/aromatic N) is 3. The molecule has 3 unspecified atom stereocenters. The van der Waals surface area contributed by atoms with Crippen LogP contribution in [-0.2, 0) is 13.8 Å². The van der Waals surface area contributed by atoms with Gasteiger partial charge in [-0.2, -0.15) is 4.98 Å². The average Bonchev–Trinajstić information content (AvgIpc) is 3.10. The van der Waals surface area contributed by atoms with Crippen molar-refractivity contribution in [2.45, 2.75) is 32.6 Å². The molecule has 2 heterocycles. The molecule has 3 N–H and O–H groups in total. The van der Waals surface area contributed by atoms with E-state index in [9.17, 15) is 9.36 Å². The molecule has 0 saturated heterocycles. The molecule has 150 valence electrons. The number of hydrogen-bond acceptors (Lipinski definition) is 8. The first-order chi connectivity index (χ1) is 13.5. The van der Waals surface area contributed by atoms with E-state index in [0.29, 0.717) is 17.8 Å². The summed E-state index contributed by atoms with van der Waals surface area (Å²) in [6.07, 6.45) is 1.24. The molecule has 10 nitrogen and oxygen atoms in total. The molecule has 2 aromatic heterocycles. The number of benzene rings is 1. The van der Waals surface area contributed by atoms with Gasteiger partial charge in [-0.15, -0.1) is 0 Å². The number of rotatable bonds is 9. The van der Waals surface area contributed by atoms with Crippen LogP contribution in [0.25, 0.3) is 11.2 Å². The van der Waals surface area contributed by atoms with Gasteiger partial charge >= 0.3 is 8.25 Å². The van der Waals surface area contributed by atoms with E-state index >= 15 is 0 Å². The number of imidazole rings is 1. The third kappa shape index (κ3) is 4.78. The maximum absolute atomic E-state index is 12.0. The third-order valence-corrected chi connectivity index (χ3v) is 4.82. The second-order valence-electron chi connectivity index (χ2n) is 6.02. The topological polar surface area (TPSA) is 134 Å². The minimum Gasteiger partial charge on any atom is -0.426 e. The minimum atomic E-state index is -2.70. The van der Waals surface area contributed by atoms with Crippen molar-refractivity contribution >= 4 is 25.4 Å². The van der Waals surface area contributed by atoms with Crippen LogP contribution in [0.3, 0.4) is 0 Å². The fraction of sp³-hybridized carbons (Fsp3) is 0.353. The zero-order chi connectivity index (χ0) is 20.1. The van der Waals surface area contributed by atoms with Gasteiger partial charge in [0.25, 0.3) is 5.56 Å². The van der Waals surface area contributed by atoms with Crippen LogP contribution < -0.4 is 15.8 Å². The van der Waals surface area contributed by atoms with Gasteiger partial charge in [-0.25, -0.2) is 9.55 Å². The molecule has 0 radical (unpaired) electrons. The zero-order valence-corrected chi connectivity index (χ0v) is 16.5. The lowest BCUT2D eigenvalue weighted by Gasteiger charge is -2.22. The maximum atomic E-state index is 12.0. The van der Waals surface area contributed by atoms with Gasteiger partial charge in [0.1, 0.15) is 12.0 Å². The van der Waals surface area contributed by atoms with Crippen LogP contribution in [0.5, 0.6) is 5.75 Å². The van der Waals surface area contributed by atoms with Gasteiger partial charge in [0, 0.05) is 0 Å². The number of para-hydroxylation sites is 1. The Kier molecular flexibility index (Phi) is 6.45. The lowest BCUT2D eigenvalue weighted by molar-refractivity contribution is -0.0604. The van der Waals surface area contributed by atoms with Crippen LogP contribution in [0.4, 0.5) is 5.95 Å². The Labute approximate surface area is 161 Å². The summed E-state index contributed by atoms with van der Waals surface area (Å²) in [6, 6.07) is 8.80. The third-order valence-electron chi connectivity index (χ3n) is 4.02. The van der Waals surface area contributed by atoms with Gasteiger partial charge in [0.05, 0.1) is 19.0 Å². The van der Waals surface area contributed by atoms with Gasteiger partial charge < -0.3 is 15.0 Å². The van der Waals surface area contributed by atoms with Crippen LogP contribution in [0.1, 0.15) is 26.5 Å². The first kappa shape index (κ1) is 20.1. The Hall–Kier alpha value is -2.68. The molecule has 0 saturated carbocycles. The number of nitrogens with two attached hydrogens (primary N) is 1. The Morgan fingerprint density at radius 1 is 1.32 bits per heavy atom. The molecule has 0 spiro atoms. The second kappa shape index (κ2) is 9.01. The largest absolute Gasteiger partial charge is 0.426 e. The van der Waals surface area contributed by atoms with Crippen molar-refractivity contribution in [2.24, 2.45) is 0 Å². The summed E-state index contributed by atoms with van der Waals surface area (Å²) in [5, 5.41) is 0. The standard InChI is InChI=1S/C17H22N5O5P/c1-3-12(9-25-28(24)27-13-7-5-4-6-8-13)26-11(2)22-10-19-14-15(22)20-17(18)21-16(14)23/h4-8,10-12,28H,3,9H2,1-2H3,(H3,18,20,21,23). The fourth-order valence-electron chi connectivity index (χ4n) is 2.58. The molecule has 0 aliphatic carbocycles. The summed E-state index contributed by atoms with van der Waals surface area (Å²) in [5.41, 5.74) is 5.70. The molecule has 0 bridgehead atoms. The number of aromatic amines is 1. The highest BCUT2D eigenvalue weighted by Gasteiger charge is 2.18.